The average molecular weight is 235 g/mol. The highest BCUT2D eigenvalue weighted by molar-refractivity contribution is 6.02. The van der Waals surface area contributed by atoms with Gasteiger partial charge in [0.1, 0.15) is 5.82 Å². The molecule has 2 nitrogen and oxygen atoms in total. The molecule has 0 aromatic heterocycles. The maximum atomic E-state index is 13.3. The van der Waals surface area contributed by atoms with Gasteiger partial charge in [0.2, 0.25) is 0 Å². The fourth-order valence-electron chi connectivity index (χ4n) is 2.49. The summed E-state index contributed by atoms with van der Waals surface area (Å²) < 4.78 is 13.3. The number of hydrogen-bond acceptors (Lipinski definition) is 2. The lowest BCUT2D eigenvalue weighted by Gasteiger charge is -2.25. The molecule has 0 atom stereocenters. The molecule has 1 aliphatic rings. The Kier molecular flexibility index (Phi) is 3.46. The van der Waals surface area contributed by atoms with E-state index in [9.17, 15) is 9.18 Å². The number of carbonyl (C=O) groups is 1. The van der Waals surface area contributed by atoms with Crippen molar-refractivity contribution in [3.8, 4) is 0 Å². The largest absolute Gasteiger partial charge is 0.396 e. The predicted octanol–water partition coefficient (Wildman–Crippen LogP) is 3.42. The van der Waals surface area contributed by atoms with Crippen LogP contribution in [0.4, 0.5) is 10.1 Å². The molecule has 0 spiro atoms. The number of benzene rings is 1. The molecule has 0 heterocycles. The summed E-state index contributed by atoms with van der Waals surface area (Å²) in [6.45, 7) is 2.21. The van der Waals surface area contributed by atoms with Crippen LogP contribution in [0.15, 0.2) is 18.2 Å². The fourth-order valence-corrected chi connectivity index (χ4v) is 2.49. The number of Topliss-reactive ketones (excluding diaryl/α,β-unsaturated/α-hetero) is 1. The summed E-state index contributed by atoms with van der Waals surface area (Å²) in [5.74, 6) is 0.230. The highest BCUT2D eigenvalue weighted by Gasteiger charge is 2.26. The number of para-hydroxylation sites is 1. The number of nitrogens with two attached hydrogens (primary N) is 1. The third-order valence-corrected chi connectivity index (χ3v) is 3.71. The topological polar surface area (TPSA) is 43.1 Å². The van der Waals surface area contributed by atoms with E-state index in [4.69, 9.17) is 5.73 Å². The Morgan fingerprint density at radius 2 is 1.94 bits per heavy atom. The molecule has 0 bridgehead atoms. The summed E-state index contributed by atoms with van der Waals surface area (Å²) in [6.07, 6.45) is 3.95. The molecule has 0 aliphatic heterocycles. The van der Waals surface area contributed by atoms with E-state index in [1.165, 1.54) is 6.07 Å². The molecule has 1 aromatic rings. The lowest BCUT2D eigenvalue weighted by atomic mass is 9.79. The quantitative estimate of drug-likeness (QED) is 0.630. The molecule has 17 heavy (non-hydrogen) atoms. The molecule has 0 unspecified atom stereocenters. The normalized spacial score (nSPS) is 24.6. The number of hydrogen-bond donors (Lipinski definition) is 1. The van der Waals surface area contributed by atoms with Gasteiger partial charge in [-0.1, -0.05) is 25.8 Å². The molecule has 1 aromatic carbocycles. The first-order valence-corrected chi connectivity index (χ1v) is 6.17. The van der Waals surface area contributed by atoms with Gasteiger partial charge in [-0.3, -0.25) is 4.79 Å². The van der Waals surface area contributed by atoms with Crippen LogP contribution in [0, 0.1) is 17.7 Å². The van der Waals surface area contributed by atoms with Crippen LogP contribution in [0.5, 0.6) is 0 Å². The van der Waals surface area contributed by atoms with Crippen LogP contribution in [0.25, 0.3) is 0 Å². The number of ketones is 1. The first kappa shape index (κ1) is 12.1. The van der Waals surface area contributed by atoms with Gasteiger partial charge >= 0.3 is 0 Å². The zero-order valence-electron chi connectivity index (χ0n) is 10.1. The Morgan fingerprint density at radius 1 is 1.29 bits per heavy atom. The summed E-state index contributed by atoms with van der Waals surface area (Å²) in [7, 11) is 0. The van der Waals surface area contributed by atoms with Crippen LogP contribution in [-0.4, -0.2) is 5.78 Å². The van der Waals surface area contributed by atoms with Crippen LogP contribution in [0.1, 0.15) is 43.0 Å². The zero-order valence-corrected chi connectivity index (χ0v) is 10.1. The van der Waals surface area contributed by atoms with Gasteiger partial charge in [0.25, 0.3) is 0 Å². The van der Waals surface area contributed by atoms with Gasteiger partial charge in [-0.25, -0.2) is 4.39 Å². The van der Waals surface area contributed by atoms with Crippen molar-refractivity contribution in [2.24, 2.45) is 11.8 Å². The van der Waals surface area contributed by atoms with Crippen molar-refractivity contribution in [2.45, 2.75) is 32.6 Å². The van der Waals surface area contributed by atoms with Crippen LogP contribution in [0.2, 0.25) is 0 Å². The number of carbonyl (C=O) groups excluding carboxylic acids is 1. The molecule has 2 rings (SSSR count). The SMILES string of the molecule is CC1CCC(C(=O)c2cccc(F)c2N)CC1. The van der Waals surface area contributed by atoms with Crippen LogP contribution in [-0.2, 0) is 0 Å². The van der Waals surface area contributed by atoms with Gasteiger partial charge in [-0.05, 0) is 30.9 Å². The van der Waals surface area contributed by atoms with E-state index in [2.05, 4.69) is 6.92 Å². The van der Waals surface area contributed by atoms with E-state index in [0.29, 0.717) is 11.5 Å². The Morgan fingerprint density at radius 3 is 2.59 bits per heavy atom. The second kappa shape index (κ2) is 4.86. The first-order chi connectivity index (χ1) is 8.09. The third kappa shape index (κ3) is 2.48. The lowest BCUT2D eigenvalue weighted by molar-refractivity contribution is 0.0876. The minimum Gasteiger partial charge on any atom is -0.396 e. The average Bonchev–Trinajstić information content (AvgIpc) is 2.33. The molecule has 1 fully saturated rings. The molecule has 0 amide bonds. The van der Waals surface area contributed by atoms with Crippen molar-refractivity contribution >= 4 is 11.5 Å². The smallest absolute Gasteiger partial charge is 0.168 e. The molecular weight excluding hydrogens is 217 g/mol. The lowest BCUT2D eigenvalue weighted by Crippen LogP contribution is -2.22. The summed E-state index contributed by atoms with van der Waals surface area (Å²) in [6, 6.07) is 4.46. The van der Waals surface area contributed by atoms with Gasteiger partial charge in [-0.15, -0.1) is 0 Å². The second-order valence-electron chi connectivity index (χ2n) is 5.02. The van der Waals surface area contributed by atoms with E-state index < -0.39 is 5.82 Å². The van der Waals surface area contributed by atoms with Crippen molar-refractivity contribution in [1.29, 1.82) is 0 Å². The van der Waals surface area contributed by atoms with Gasteiger partial charge in [0.05, 0.1) is 5.69 Å². The minimum atomic E-state index is -0.500. The highest BCUT2D eigenvalue weighted by atomic mass is 19.1. The van der Waals surface area contributed by atoms with E-state index >= 15 is 0 Å². The number of rotatable bonds is 2. The fraction of sp³-hybridized carbons (Fsp3) is 0.500. The van der Waals surface area contributed by atoms with Gasteiger partial charge in [-0.2, -0.15) is 0 Å². The summed E-state index contributed by atoms with van der Waals surface area (Å²) >= 11 is 0. The van der Waals surface area contributed by atoms with Crippen molar-refractivity contribution < 1.29 is 9.18 Å². The third-order valence-electron chi connectivity index (χ3n) is 3.71. The maximum Gasteiger partial charge on any atom is 0.168 e. The molecule has 2 N–H and O–H groups in total. The molecule has 1 aliphatic carbocycles. The van der Waals surface area contributed by atoms with Crippen LogP contribution >= 0.6 is 0 Å². The van der Waals surface area contributed by atoms with Crippen molar-refractivity contribution in [3.63, 3.8) is 0 Å². The molecular formula is C14H18FNO. The molecule has 3 heteroatoms. The standard InChI is InChI=1S/C14H18FNO/c1-9-5-7-10(8-6-9)14(17)11-3-2-4-12(15)13(11)16/h2-4,9-10H,5-8,16H2,1H3. The maximum absolute atomic E-state index is 13.3. The van der Waals surface area contributed by atoms with E-state index in [0.717, 1.165) is 25.7 Å². The van der Waals surface area contributed by atoms with Crippen molar-refractivity contribution in [1.82, 2.24) is 0 Å². The van der Waals surface area contributed by atoms with Gasteiger partial charge in [0.15, 0.2) is 5.78 Å². The summed E-state index contributed by atoms with van der Waals surface area (Å²) in [4.78, 5) is 12.2. The highest BCUT2D eigenvalue weighted by Crippen LogP contribution is 2.32. The molecule has 0 radical (unpaired) electrons. The predicted molar refractivity (Wildman–Crippen MR) is 66.3 cm³/mol. The van der Waals surface area contributed by atoms with E-state index in [-0.39, 0.29) is 17.4 Å². The van der Waals surface area contributed by atoms with E-state index in [1.54, 1.807) is 12.1 Å². The van der Waals surface area contributed by atoms with Gasteiger partial charge < -0.3 is 5.73 Å². The number of nitrogen functional groups attached to an aromatic ring is 1. The minimum absolute atomic E-state index is 0.00359. The molecule has 1 saturated carbocycles. The molecule has 0 saturated heterocycles. The van der Waals surface area contributed by atoms with Crippen LogP contribution in [0.3, 0.4) is 0 Å². The van der Waals surface area contributed by atoms with E-state index in [1.807, 2.05) is 0 Å². The Bertz CT molecular complexity index is 422. The van der Waals surface area contributed by atoms with Crippen molar-refractivity contribution in [3.05, 3.63) is 29.6 Å². The zero-order chi connectivity index (χ0) is 12.4. The number of halogens is 1. The first-order valence-electron chi connectivity index (χ1n) is 6.17. The monoisotopic (exact) mass is 235 g/mol. The molecule has 92 valence electrons. The second-order valence-corrected chi connectivity index (χ2v) is 5.02. The van der Waals surface area contributed by atoms with Crippen molar-refractivity contribution in [2.75, 3.05) is 5.73 Å². The van der Waals surface area contributed by atoms with Crippen LogP contribution < -0.4 is 5.73 Å². The Labute approximate surface area is 101 Å². The summed E-state index contributed by atoms with van der Waals surface area (Å²) in [5, 5.41) is 0. The number of anilines is 1. The van der Waals surface area contributed by atoms with Gasteiger partial charge in [0, 0.05) is 11.5 Å². The Hall–Kier alpha value is -1.38. The summed E-state index contributed by atoms with van der Waals surface area (Å²) in [5.41, 5.74) is 5.97. The Balaban J connectivity index is 2.17.